The third-order valence-corrected chi connectivity index (χ3v) is 6.46. The first-order valence-electron chi connectivity index (χ1n) is 11.9. The van der Waals surface area contributed by atoms with Gasteiger partial charge in [0.2, 0.25) is 0 Å². The summed E-state index contributed by atoms with van der Waals surface area (Å²) in [6.45, 7) is 8.63. The molecular weight excluding hydrogens is 352 g/mol. The summed E-state index contributed by atoms with van der Waals surface area (Å²) in [6.07, 6.45) is 14.4. The summed E-state index contributed by atoms with van der Waals surface area (Å²) in [6, 6.07) is 0. The molecule has 0 aliphatic heterocycles. The zero-order valence-corrected chi connectivity index (χ0v) is 18.9. The Bertz CT molecular complexity index is 434. The summed E-state index contributed by atoms with van der Waals surface area (Å²) >= 11 is 0. The second kappa shape index (κ2) is 14.0. The third kappa shape index (κ3) is 8.13. The van der Waals surface area contributed by atoms with Crippen molar-refractivity contribution in [2.75, 3.05) is 6.61 Å². The SMILES string of the molecule is CCCCCCCCCCOC(=O)C(CC)(CC)C(=O)OC1CCC(C)CC1. The van der Waals surface area contributed by atoms with Crippen LogP contribution >= 0.6 is 0 Å². The Labute approximate surface area is 173 Å². The quantitative estimate of drug-likeness (QED) is 0.189. The normalized spacial score (nSPS) is 20.0. The lowest BCUT2D eigenvalue weighted by atomic mass is 9.82. The van der Waals surface area contributed by atoms with Crippen molar-refractivity contribution in [3.05, 3.63) is 0 Å². The molecule has 28 heavy (non-hydrogen) atoms. The standard InChI is InChI=1S/C24H44O4/c1-5-8-9-10-11-12-13-14-19-27-22(25)24(6-2,7-3)23(26)28-21-17-15-20(4)16-18-21/h20-21H,5-19H2,1-4H3. The molecule has 0 amide bonds. The molecule has 0 aromatic heterocycles. The van der Waals surface area contributed by atoms with E-state index in [-0.39, 0.29) is 12.1 Å². The van der Waals surface area contributed by atoms with Crippen LogP contribution in [0, 0.1) is 11.3 Å². The van der Waals surface area contributed by atoms with Crippen LogP contribution in [0.2, 0.25) is 0 Å². The van der Waals surface area contributed by atoms with Crippen molar-refractivity contribution >= 4 is 11.9 Å². The molecule has 164 valence electrons. The number of ether oxygens (including phenoxy) is 2. The first-order valence-corrected chi connectivity index (χ1v) is 11.9. The van der Waals surface area contributed by atoms with E-state index in [1.807, 2.05) is 13.8 Å². The van der Waals surface area contributed by atoms with Gasteiger partial charge in [-0.1, -0.05) is 72.6 Å². The Kier molecular flexibility index (Phi) is 12.5. The highest BCUT2D eigenvalue weighted by molar-refractivity contribution is 6.00. The van der Waals surface area contributed by atoms with Gasteiger partial charge >= 0.3 is 11.9 Å². The lowest BCUT2D eigenvalue weighted by Crippen LogP contribution is -2.43. The van der Waals surface area contributed by atoms with E-state index in [2.05, 4.69) is 13.8 Å². The van der Waals surface area contributed by atoms with Crippen molar-refractivity contribution in [1.82, 2.24) is 0 Å². The number of rotatable bonds is 14. The zero-order valence-electron chi connectivity index (χ0n) is 18.9. The van der Waals surface area contributed by atoms with Crippen LogP contribution < -0.4 is 0 Å². The van der Waals surface area contributed by atoms with Gasteiger partial charge in [-0.15, -0.1) is 0 Å². The van der Waals surface area contributed by atoms with Gasteiger partial charge in [0.15, 0.2) is 5.41 Å². The largest absolute Gasteiger partial charge is 0.465 e. The summed E-state index contributed by atoms with van der Waals surface area (Å²) in [7, 11) is 0. The third-order valence-electron chi connectivity index (χ3n) is 6.46. The van der Waals surface area contributed by atoms with E-state index in [4.69, 9.17) is 9.47 Å². The topological polar surface area (TPSA) is 52.6 Å². The van der Waals surface area contributed by atoms with Gasteiger partial charge in [0.25, 0.3) is 0 Å². The average molecular weight is 397 g/mol. The molecule has 0 heterocycles. The van der Waals surface area contributed by atoms with Crippen LogP contribution in [0.15, 0.2) is 0 Å². The fourth-order valence-corrected chi connectivity index (χ4v) is 4.06. The van der Waals surface area contributed by atoms with Crippen molar-refractivity contribution in [2.24, 2.45) is 11.3 Å². The fraction of sp³-hybridized carbons (Fsp3) is 0.917. The van der Waals surface area contributed by atoms with Crippen molar-refractivity contribution in [1.29, 1.82) is 0 Å². The number of carbonyl (C=O) groups excluding carboxylic acids is 2. The molecule has 1 fully saturated rings. The number of hydrogen-bond donors (Lipinski definition) is 0. The Hall–Kier alpha value is -1.06. The molecule has 4 heteroatoms. The van der Waals surface area contributed by atoms with Gasteiger partial charge < -0.3 is 9.47 Å². The predicted octanol–water partition coefficient (Wildman–Crippen LogP) is 6.60. The molecule has 0 aromatic rings. The number of hydrogen-bond acceptors (Lipinski definition) is 4. The molecule has 4 nitrogen and oxygen atoms in total. The molecule has 0 N–H and O–H groups in total. The smallest absolute Gasteiger partial charge is 0.323 e. The van der Waals surface area contributed by atoms with Crippen LogP contribution in [0.1, 0.15) is 118 Å². The number of unbranched alkanes of at least 4 members (excludes halogenated alkanes) is 7. The molecular formula is C24H44O4. The minimum atomic E-state index is -1.14. The first-order chi connectivity index (χ1) is 13.5. The van der Waals surface area contributed by atoms with Crippen LogP contribution in [0.4, 0.5) is 0 Å². The monoisotopic (exact) mass is 396 g/mol. The van der Waals surface area contributed by atoms with Crippen molar-refractivity contribution in [2.45, 2.75) is 124 Å². The Morgan fingerprint density at radius 3 is 1.86 bits per heavy atom. The van der Waals surface area contributed by atoms with Crippen molar-refractivity contribution in [3.8, 4) is 0 Å². The van der Waals surface area contributed by atoms with E-state index in [1.165, 1.54) is 38.5 Å². The first kappa shape index (κ1) is 25.0. The van der Waals surface area contributed by atoms with Crippen LogP contribution in [0.3, 0.4) is 0 Å². The summed E-state index contributed by atoms with van der Waals surface area (Å²) < 4.78 is 11.3. The van der Waals surface area contributed by atoms with E-state index in [1.54, 1.807) is 0 Å². The van der Waals surface area contributed by atoms with E-state index >= 15 is 0 Å². The molecule has 1 aliphatic rings. The van der Waals surface area contributed by atoms with Gasteiger partial charge in [-0.3, -0.25) is 9.59 Å². The molecule has 0 aromatic carbocycles. The van der Waals surface area contributed by atoms with Crippen LogP contribution in [-0.2, 0) is 19.1 Å². The molecule has 0 spiro atoms. The lowest BCUT2D eigenvalue weighted by molar-refractivity contribution is -0.177. The van der Waals surface area contributed by atoms with Crippen molar-refractivity contribution in [3.63, 3.8) is 0 Å². The molecule has 0 saturated heterocycles. The molecule has 1 saturated carbocycles. The highest BCUT2D eigenvalue weighted by Crippen LogP contribution is 2.33. The van der Waals surface area contributed by atoms with Gasteiger partial charge in [0.1, 0.15) is 6.10 Å². The predicted molar refractivity (Wildman–Crippen MR) is 114 cm³/mol. The average Bonchev–Trinajstić information content (AvgIpc) is 2.70. The maximum absolute atomic E-state index is 12.9. The van der Waals surface area contributed by atoms with Gasteiger partial charge in [-0.25, -0.2) is 0 Å². The highest BCUT2D eigenvalue weighted by Gasteiger charge is 2.46. The van der Waals surface area contributed by atoms with Gasteiger partial charge in [-0.05, 0) is 50.9 Å². The molecule has 0 atom stereocenters. The van der Waals surface area contributed by atoms with E-state index in [9.17, 15) is 9.59 Å². The maximum Gasteiger partial charge on any atom is 0.323 e. The molecule has 0 bridgehead atoms. The number of esters is 2. The van der Waals surface area contributed by atoms with E-state index in [0.717, 1.165) is 38.5 Å². The zero-order chi connectivity index (χ0) is 20.8. The second-order valence-electron chi connectivity index (χ2n) is 8.69. The van der Waals surface area contributed by atoms with Crippen molar-refractivity contribution < 1.29 is 19.1 Å². The fourth-order valence-electron chi connectivity index (χ4n) is 4.06. The number of carbonyl (C=O) groups is 2. The minimum Gasteiger partial charge on any atom is -0.465 e. The maximum atomic E-state index is 12.9. The van der Waals surface area contributed by atoms with Gasteiger partial charge in [0.05, 0.1) is 6.61 Å². The molecule has 0 radical (unpaired) electrons. The van der Waals surface area contributed by atoms with Crippen LogP contribution in [-0.4, -0.2) is 24.6 Å². The minimum absolute atomic E-state index is 0.0401. The van der Waals surface area contributed by atoms with E-state index < -0.39 is 11.4 Å². The Balaban J connectivity index is 2.37. The highest BCUT2D eigenvalue weighted by atomic mass is 16.6. The van der Waals surface area contributed by atoms with Crippen LogP contribution in [0.5, 0.6) is 0 Å². The summed E-state index contributed by atoms with van der Waals surface area (Å²) in [4.78, 5) is 25.6. The Morgan fingerprint density at radius 1 is 0.786 bits per heavy atom. The van der Waals surface area contributed by atoms with Crippen LogP contribution in [0.25, 0.3) is 0 Å². The Morgan fingerprint density at radius 2 is 1.32 bits per heavy atom. The second-order valence-corrected chi connectivity index (χ2v) is 8.69. The molecule has 1 aliphatic carbocycles. The lowest BCUT2D eigenvalue weighted by Gasteiger charge is -2.32. The van der Waals surface area contributed by atoms with Gasteiger partial charge in [-0.2, -0.15) is 0 Å². The van der Waals surface area contributed by atoms with Gasteiger partial charge in [0, 0.05) is 0 Å². The summed E-state index contributed by atoms with van der Waals surface area (Å²) in [5.74, 6) is -0.0683. The summed E-state index contributed by atoms with van der Waals surface area (Å²) in [5.41, 5.74) is -1.14. The van der Waals surface area contributed by atoms with E-state index in [0.29, 0.717) is 25.4 Å². The molecule has 0 unspecified atom stereocenters. The summed E-state index contributed by atoms with van der Waals surface area (Å²) in [5, 5.41) is 0. The molecule has 1 rings (SSSR count).